The van der Waals surface area contributed by atoms with Gasteiger partial charge in [-0.05, 0) is 50.2 Å². The Morgan fingerprint density at radius 3 is 3.00 bits per heavy atom. The number of fused-ring (bicyclic) bond motifs is 4. The molecule has 3 nitrogen and oxygen atoms in total. The van der Waals surface area contributed by atoms with E-state index in [4.69, 9.17) is 17.0 Å². The number of hydrogen-bond donors (Lipinski definition) is 1. The van der Waals surface area contributed by atoms with E-state index in [9.17, 15) is 0 Å². The fourth-order valence-corrected chi connectivity index (χ4v) is 4.22. The second-order valence-corrected chi connectivity index (χ2v) is 7.08. The highest BCUT2D eigenvalue weighted by atomic mass is 79.9. The first kappa shape index (κ1) is 14.1. The lowest BCUT2D eigenvalue weighted by Crippen LogP contribution is -2.64. The molecule has 0 radical (unpaired) electrons. The van der Waals surface area contributed by atoms with Crippen molar-refractivity contribution in [3.8, 4) is 5.75 Å². The van der Waals surface area contributed by atoms with Crippen molar-refractivity contribution in [1.29, 1.82) is 0 Å². The summed E-state index contributed by atoms with van der Waals surface area (Å²) >= 11 is 9.11. The van der Waals surface area contributed by atoms with Crippen molar-refractivity contribution < 1.29 is 4.74 Å². The molecule has 5 heteroatoms. The van der Waals surface area contributed by atoms with Crippen LogP contribution in [0.3, 0.4) is 0 Å². The average Bonchev–Trinajstić information content (AvgIpc) is 2.36. The number of benzene rings is 1. The van der Waals surface area contributed by atoms with Crippen LogP contribution in [0, 0.1) is 6.92 Å². The van der Waals surface area contributed by atoms with E-state index in [1.165, 1.54) is 5.56 Å². The number of halogens is 1. The van der Waals surface area contributed by atoms with Gasteiger partial charge in [-0.15, -0.1) is 0 Å². The molecule has 0 aliphatic carbocycles. The standard InChI is InChI=1S/C15H19BrN2OS/c1-4-5-18-14(20)17-12-8-15(18,3)19-13-9(2)6-10(16)7-11(12)13/h6-7,12H,4-5,8H2,1-3H3,(H,17,20). The summed E-state index contributed by atoms with van der Waals surface area (Å²) in [6.45, 7) is 7.32. The molecule has 1 saturated heterocycles. The third-order valence-electron chi connectivity index (χ3n) is 4.11. The third-order valence-corrected chi connectivity index (χ3v) is 4.91. The molecule has 0 aromatic heterocycles. The predicted molar refractivity (Wildman–Crippen MR) is 88.0 cm³/mol. The Labute approximate surface area is 133 Å². The first-order valence-electron chi connectivity index (χ1n) is 7.02. The summed E-state index contributed by atoms with van der Waals surface area (Å²) in [5, 5.41) is 4.27. The quantitative estimate of drug-likeness (QED) is 0.814. The molecule has 2 aliphatic rings. The zero-order valence-corrected chi connectivity index (χ0v) is 14.4. The number of thiocarbonyl (C=S) groups is 1. The van der Waals surface area contributed by atoms with Crippen LogP contribution >= 0.6 is 28.1 Å². The van der Waals surface area contributed by atoms with Crippen LogP contribution in [0.15, 0.2) is 16.6 Å². The van der Waals surface area contributed by atoms with Gasteiger partial charge in [-0.25, -0.2) is 0 Å². The maximum absolute atomic E-state index is 6.39. The van der Waals surface area contributed by atoms with Crippen molar-refractivity contribution >= 4 is 33.3 Å². The highest BCUT2D eigenvalue weighted by Crippen LogP contribution is 2.46. The number of nitrogens with one attached hydrogen (secondary N) is 1. The van der Waals surface area contributed by atoms with Gasteiger partial charge in [0.15, 0.2) is 10.8 Å². The van der Waals surface area contributed by atoms with Gasteiger partial charge < -0.3 is 15.0 Å². The van der Waals surface area contributed by atoms with Gasteiger partial charge in [0.25, 0.3) is 0 Å². The molecule has 2 bridgehead atoms. The summed E-state index contributed by atoms with van der Waals surface area (Å²) in [6.07, 6.45) is 1.97. The number of nitrogens with zero attached hydrogens (tertiary/aromatic N) is 1. The van der Waals surface area contributed by atoms with E-state index in [0.717, 1.165) is 40.3 Å². The van der Waals surface area contributed by atoms with Crippen LogP contribution in [0.1, 0.15) is 43.9 Å². The Morgan fingerprint density at radius 2 is 2.30 bits per heavy atom. The van der Waals surface area contributed by atoms with Gasteiger partial charge in [0.1, 0.15) is 5.75 Å². The van der Waals surface area contributed by atoms with E-state index < -0.39 is 0 Å². The molecule has 1 N–H and O–H groups in total. The van der Waals surface area contributed by atoms with Gasteiger partial charge in [-0.3, -0.25) is 0 Å². The fraction of sp³-hybridized carbons (Fsp3) is 0.533. The highest BCUT2D eigenvalue weighted by Gasteiger charge is 2.47. The number of hydrogen-bond acceptors (Lipinski definition) is 2. The van der Waals surface area contributed by atoms with Gasteiger partial charge in [0.05, 0.1) is 6.04 Å². The van der Waals surface area contributed by atoms with Crippen molar-refractivity contribution in [2.24, 2.45) is 0 Å². The Balaban J connectivity index is 2.08. The fourth-order valence-electron chi connectivity index (χ4n) is 3.20. The molecular weight excluding hydrogens is 336 g/mol. The summed E-state index contributed by atoms with van der Waals surface area (Å²) in [6, 6.07) is 4.48. The van der Waals surface area contributed by atoms with Gasteiger partial charge in [-0.1, -0.05) is 22.9 Å². The molecule has 0 amide bonds. The smallest absolute Gasteiger partial charge is 0.184 e. The van der Waals surface area contributed by atoms with Crippen molar-refractivity contribution in [2.45, 2.75) is 45.4 Å². The molecule has 2 atom stereocenters. The third kappa shape index (κ3) is 2.11. The molecule has 1 fully saturated rings. The molecular formula is C15H19BrN2OS. The molecule has 1 aromatic carbocycles. The Kier molecular flexibility index (Phi) is 3.45. The van der Waals surface area contributed by atoms with Crippen molar-refractivity contribution in [2.75, 3.05) is 6.54 Å². The molecule has 3 rings (SSSR count). The lowest BCUT2D eigenvalue weighted by molar-refractivity contribution is -0.0685. The van der Waals surface area contributed by atoms with Crippen LogP contribution < -0.4 is 10.1 Å². The Bertz CT molecular complexity index is 577. The van der Waals surface area contributed by atoms with Crippen molar-refractivity contribution in [3.63, 3.8) is 0 Å². The van der Waals surface area contributed by atoms with E-state index in [-0.39, 0.29) is 11.8 Å². The van der Waals surface area contributed by atoms with Gasteiger partial charge >= 0.3 is 0 Å². The predicted octanol–water partition coefficient (Wildman–Crippen LogP) is 3.90. The zero-order valence-electron chi connectivity index (χ0n) is 12.0. The molecule has 1 aromatic rings. The second kappa shape index (κ2) is 4.88. The first-order chi connectivity index (χ1) is 9.44. The second-order valence-electron chi connectivity index (χ2n) is 5.78. The Hall–Kier alpha value is -0.810. The first-order valence-corrected chi connectivity index (χ1v) is 8.22. The monoisotopic (exact) mass is 354 g/mol. The van der Waals surface area contributed by atoms with Gasteiger partial charge in [-0.2, -0.15) is 0 Å². The summed E-state index contributed by atoms with van der Waals surface area (Å²) < 4.78 is 7.48. The number of rotatable bonds is 2. The lowest BCUT2D eigenvalue weighted by atomic mass is 9.89. The molecule has 0 saturated carbocycles. The van der Waals surface area contributed by atoms with E-state index in [0.29, 0.717) is 0 Å². The van der Waals surface area contributed by atoms with Crippen molar-refractivity contribution in [3.05, 3.63) is 27.7 Å². The SMILES string of the molecule is CCCN1C(=S)NC2CC1(C)Oc1c(C)cc(Br)cc12. The van der Waals surface area contributed by atoms with Crippen LogP contribution in [0.4, 0.5) is 0 Å². The Morgan fingerprint density at radius 1 is 1.55 bits per heavy atom. The summed E-state index contributed by atoms with van der Waals surface area (Å²) in [5.74, 6) is 1.00. The van der Waals surface area contributed by atoms with Crippen LogP contribution in [0.2, 0.25) is 0 Å². The molecule has 0 spiro atoms. The normalized spacial score (nSPS) is 27.7. The van der Waals surface area contributed by atoms with Crippen LogP contribution in [-0.4, -0.2) is 22.3 Å². The topological polar surface area (TPSA) is 24.5 Å². The maximum Gasteiger partial charge on any atom is 0.184 e. The van der Waals surface area contributed by atoms with Crippen LogP contribution in [0.5, 0.6) is 5.75 Å². The minimum absolute atomic E-state index is 0.237. The lowest BCUT2D eigenvalue weighted by Gasteiger charge is -2.52. The molecule has 2 aliphatic heterocycles. The summed E-state index contributed by atoms with van der Waals surface area (Å²) in [7, 11) is 0. The molecule has 20 heavy (non-hydrogen) atoms. The number of ether oxygens (including phenoxy) is 1. The highest BCUT2D eigenvalue weighted by molar-refractivity contribution is 9.10. The maximum atomic E-state index is 6.39. The van der Waals surface area contributed by atoms with E-state index >= 15 is 0 Å². The van der Waals surface area contributed by atoms with Crippen LogP contribution in [-0.2, 0) is 0 Å². The summed E-state index contributed by atoms with van der Waals surface area (Å²) in [5.41, 5.74) is 2.03. The van der Waals surface area contributed by atoms with Crippen molar-refractivity contribution in [1.82, 2.24) is 10.2 Å². The summed E-state index contributed by atoms with van der Waals surface area (Å²) in [4.78, 5) is 2.18. The minimum Gasteiger partial charge on any atom is -0.467 e. The van der Waals surface area contributed by atoms with Gasteiger partial charge in [0.2, 0.25) is 0 Å². The molecule has 2 heterocycles. The van der Waals surface area contributed by atoms with E-state index in [1.807, 2.05) is 0 Å². The zero-order chi connectivity index (χ0) is 14.5. The number of aryl methyl sites for hydroxylation is 1. The minimum atomic E-state index is -0.339. The van der Waals surface area contributed by atoms with Gasteiger partial charge in [0, 0.05) is 23.0 Å². The van der Waals surface area contributed by atoms with E-state index in [1.54, 1.807) is 0 Å². The molecule has 2 unspecified atom stereocenters. The average molecular weight is 355 g/mol. The van der Waals surface area contributed by atoms with E-state index in [2.05, 4.69) is 59.1 Å². The van der Waals surface area contributed by atoms with Crippen LogP contribution in [0.25, 0.3) is 0 Å². The molecule has 108 valence electrons. The largest absolute Gasteiger partial charge is 0.467 e.